The summed E-state index contributed by atoms with van der Waals surface area (Å²) >= 11 is 5.52. The first-order valence-corrected chi connectivity index (χ1v) is 5.18. The summed E-state index contributed by atoms with van der Waals surface area (Å²) < 4.78 is 0. The zero-order valence-electron chi connectivity index (χ0n) is 8.29. The highest BCUT2D eigenvalue weighted by atomic mass is 35.5. The molecule has 1 saturated carbocycles. The molecule has 0 saturated heterocycles. The van der Waals surface area contributed by atoms with Gasteiger partial charge in [0, 0.05) is 0 Å². The van der Waals surface area contributed by atoms with Crippen molar-refractivity contribution < 1.29 is 14.7 Å². The summed E-state index contributed by atoms with van der Waals surface area (Å²) in [4.78, 5) is 28.9. The number of amides is 1. The number of carboxylic acid groups (broad SMARTS) is 1. The lowest BCUT2D eigenvalue weighted by Crippen LogP contribution is -2.59. The van der Waals surface area contributed by atoms with Crippen molar-refractivity contribution in [1.82, 2.24) is 15.3 Å². The molecular weight excluding hydrogens is 234 g/mol. The molecule has 0 aliphatic heterocycles. The molecule has 0 aromatic carbocycles. The van der Waals surface area contributed by atoms with E-state index < -0.39 is 17.4 Å². The summed E-state index contributed by atoms with van der Waals surface area (Å²) in [5, 5.41) is 11.6. The number of carbonyl (C=O) groups excluding carboxylic acids is 1. The van der Waals surface area contributed by atoms with E-state index in [0.29, 0.717) is 12.8 Å². The highest BCUT2D eigenvalue weighted by Crippen LogP contribution is 2.32. The van der Waals surface area contributed by atoms with Gasteiger partial charge in [-0.1, -0.05) is 0 Å². The summed E-state index contributed by atoms with van der Waals surface area (Å²) in [6.07, 6.45) is 2.98. The Kier molecular flexibility index (Phi) is 2.59. The molecule has 1 aromatic rings. The second-order valence-corrected chi connectivity index (χ2v) is 4.14. The van der Waals surface area contributed by atoms with Gasteiger partial charge in [-0.25, -0.2) is 9.78 Å². The Labute approximate surface area is 96.0 Å². The normalized spacial score (nSPS) is 17.6. The molecule has 0 spiro atoms. The van der Waals surface area contributed by atoms with Crippen LogP contribution in [0.25, 0.3) is 0 Å². The summed E-state index contributed by atoms with van der Waals surface area (Å²) in [5.74, 6) is -1.50. The fourth-order valence-corrected chi connectivity index (χ4v) is 1.77. The lowest BCUT2D eigenvalue weighted by atomic mass is 9.76. The van der Waals surface area contributed by atoms with Crippen molar-refractivity contribution in [2.75, 3.05) is 0 Å². The Morgan fingerprint density at radius 2 is 2.25 bits per heavy atom. The molecule has 16 heavy (non-hydrogen) atoms. The van der Waals surface area contributed by atoms with Gasteiger partial charge < -0.3 is 15.4 Å². The Balaban J connectivity index is 2.10. The van der Waals surface area contributed by atoms with E-state index in [4.69, 9.17) is 16.7 Å². The zero-order valence-corrected chi connectivity index (χ0v) is 9.04. The van der Waals surface area contributed by atoms with Crippen molar-refractivity contribution in [3.8, 4) is 0 Å². The van der Waals surface area contributed by atoms with Gasteiger partial charge in [-0.2, -0.15) is 0 Å². The maximum Gasteiger partial charge on any atom is 0.329 e. The zero-order chi connectivity index (χ0) is 11.8. The van der Waals surface area contributed by atoms with Gasteiger partial charge in [0.05, 0.1) is 6.20 Å². The van der Waals surface area contributed by atoms with Crippen LogP contribution in [0, 0.1) is 0 Å². The van der Waals surface area contributed by atoms with E-state index in [1.165, 1.54) is 6.20 Å². The van der Waals surface area contributed by atoms with Gasteiger partial charge in [-0.3, -0.25) is 4.79 Å². The molecule has 3 N–H and O–H groups in total. The van der Waals surface area contributed by atoms with Crippen LogP contribution in [0.4, 0.5) is 0 Å². The fourth-order valence-electron chi connectivity index (χ4n) is 1.62. The topological polar surface area (TPSA) is 95.1 Å². The van der Waals surface area contributed by atoms with Gasteiger partial charge in [0.15, 0.2) is 0 Å². The lowest BCUT2D eigenvalue weighted by Gasteiger charge is -2.37. The number of nitrogens with zero attached hydrogens (tertiary/aromatic N) is 1. The first-order valence-electron chi connectivity index (χ1n) is 4.80. The fraction of sp³-hybridized carbons (Fsp3) is 0.444. The number of aliphatic carboxylic acids is 1. The average molecular weight is 244 g/mol. The molecule has 2 rings (SSSR count). The quantitative estimate of drug-likeness (QED) is 0.732. The minimum absolute atomic E-state index is 0.100. The Morgan fingerprint density at radius 1 is 1.56 bits per heavy atom. The van der Waals surface area contributed by atoms with Crippen LogP contribution in [-0.4, -0.2) is 32.5 Å². The lowest BCUT2D eigenvalue weighted by molar-refractivity contribution is -0.148. The number of rotatable bonds is 3. The average Bonchev–Trinajstić information content (AvgIpc) is 2.57. The van der Waals surface area contributed by atoms with Gasteiger partial charge >= 0.3 is 5.97 Å². The SMILES string of the molecule is O=C(NC1(C(=O)O)CCC1)c1cnc(Cl)[nH]1. The van der Waals surface area contributed by atoms with E-state index in [1.54, 1.807) is 0 Å². The Bertz CT molecular complexity index is 439. The highest BCUT2D eigenvalue weighted by Gasteiger charge is 2.45. The van der Waals surface area contributed by atoms with Crippen molar-refractivity contribution in [3.63, 3.8) is 0 Å². The largest absolute Gasteiger partial charge is 0.480 e. The monoisotopic (exact) mass is 243 g/mol. The summed E-state index contributed by atoms with van der Waals surface area (Å²) in [5.41, 5.74) is -0.952. The van der Waals surface area contributed by atoms with E-state index in [1.807, 2.05) is 0 Å². The molecule has 1 amide bonds. The van der Waals surface area contributed by atoms with E-state index in [9.17, 15) is 9.59 Å². The Hall–Kier alpha value is -1.56. The number of nitrogens with one attached hydrogen (secondary N) is 2. The third kappa shape index (κ3) is 1.76. The number of hydrogen-bond acceptors (Lipinski definition) is 3. The number of H-pyrrole nitrogens is 1. The van der Waals surface area contributed by atoms with Crippen molar-refractivity contribution in [3.05, 3.63) is 17.2 Å². The van der Waals surface area contributed by atoms with Crippen molar-refractivity contribution in [2.45, 2.75) is 24.8 Å². The number of carbonyl (C=O) groups is 2. The summed E-state index contributed by atoms with van der Waals surface area (Å²) in [7, 11) is 0. The smallest absolute Gasteiger partial charge is 0.329 e. The molecule has 0 atom stereocenters. The van der Waals surface area contributed by atoms with Gasteiger partial charge in [-0.05, 0) is 30.9 Å². The molecule has 86 valence electrons. The molecule has 1 heterocycles. The molecule has 0 bridgehead atoms. The molecule has 7 heteroatoms. The molecule has 6 nitrogen and oxygen atoms in total. The van der Waals surface area contributed by atoms with Crippen molar-refractivity contribution in [2.24, 2.45) is 0 Å². The van der Waals surface area contributed by atoms with Crippen LogP contribution in [0.1, 0.15) is 29.8 Å². The van der Waals surface area contributed by atoms with Gasteiger partial charge in [0.2, 0.25) is 5.28 Å². The van der Waals surface area contributed by atoms with Crippen LogP contribution >= 0.6 is 11.6 Å². The second kappa shape index (κ2) is 3.79. The van der Waals surface area contributed by atoms with Crippen LogP contribution in [0.2, 0.25) is 5.28 Å². The molecule has 1 aliphatic carbocycles. The van der Waals surface area contributed by atoms with Crippen molar-refractivity contribution in [1.29, 1.82) is 0 Å². The number of halogens is 1. The number of hydrogen-bond donors (Lipinski definition) is 3. The summed E-state index contributed by atoms with van der Waals surface area (Å²) in [6.45, 7) is 0. The van der Waals surface area contributed by atoms with E-state index in [0.717, 1.165) is 6.42 Å². The van der Waals surface area contributed by atoms with Gasteiger partial charge in [0.25, 0.3) is 5.91 Å². The van der Waals surface area contributed by atoms with Gasteiger partial charge in [-0.15, -0.1) is 0 Å². The van der Waals surface area contributed by atoms with Crippen LogP contribution in [-0.2, 0) is 4.79 Å². The number of imidazole rings is 1. The van der Waals surface area contributed by atoms with Crippen molar-refractivity contribution >= 4 is 23.5 Å². The predicted molar refractivity (Wildman–Crippen MR) is 55.3 cm³/mol. The van der Waals surface area contributed by atoms with E-state index in [2.05, 4.69) is 15.3 Å². The standard InChI is InChI=1S/C9H10ClN3O3/c10-8-11-4-5(12-8)6(14)13-9(7(15)16)2-1-3-9/h4H,1-3H2,(H,11,12)(H,13,14)(H,15,16). The molecule has 0 unspecified atom stereocenters. The summed E-state index contributed by atoms with van der Waals surface area (Å²) in [6, 6.07) is 0. The van der Waals surface area contributed by atoms with Gasteiger partial charge in [0.1, 0.15) is 11.2 Å². The van der Waals surface area contributed by atoms with E-state index in [-0.39, 0.29) is 11.0 Å². The first kappa shape index (κ1) is 10.9. The molecule has 1 aliphatic rings. The van der Waals surface area contributed by atoms with Crippen LogP contribution in [0.15, 0.2) is 6.20 Å². The maximum absolute atomic E-state index is 11.7. The number of aromatic nitrogens is 2. The molecule has 1 fully saturated rings. The van der Waals surface area contributed by atoms with Crippen LogP contribution < -0.4 is 5.32 Å². The minimum Gasteiger partial charge on any atom is -0.480 e. The highest BCUT2D eigenvalue weighted by molar-refractivity contribution is 6.28. The maximum atomic E-state index is 11.7. The van der Waals surface area contributed by atoms with E-state index >= 15 is 0 Å². The number of aromatic amines is 1. The first-order chi connectivity index (χ1) is 7.53. The third-order valence-corrected chi connectivity index (χ3v) is 2.95. The second-order valence-electron chi connectivity index (χ2n) is 3.78. The Morgan fingerprint density at radius 3 is 2.62 bits per heavy atom. The molecular formula is C9H10ClN3O3. The predicted octanol–water partition coefficient (Wildman–Crippen LogP) is 0.800. The van der Waals surface area contributed by atoms with Crippen LogP contribution in [0.3, 0.4) is 0 Å². The van der Waals surface area contributed by atoms with Crippen LogP contribution in [0.5, 0.6) is 0 Å². The minimum atomic E-state index is -1.12. The third-order valence-electron chi connectivity index (χ3n) is 2.76. The molecule has 0 radical (unpaired) electrons. The molecule has 1 aromatic heterocycles. The number of carboxylic acids is 1.